The lowest BCUT2D eigenvalue weighted by atomic mass is 9.79. The number of cyclic esters (lactones) is 1. The molecule has 3 aliphatic heterocycles. The van der Waals surface area contributed by atoms with Crippen LogP contribution in [-0.4, -0.2) is 135 Å². The molecule has 0 saturated carbocycles. The van der Waals surface area contributed by atoms with E-state index in [2.05, 4.69) is 0 Å². The van der Waals surface area contributed by atoms with Gasteiger partial charge in [-0.15, -0.1) is 0 Å². The van der Waals surface area contributed by atoms with Crippen molar-refractivity contribution in [1.29, 1.82) is 0 Å². The first-order valence-electron chi connectivity index (χ1n) is 17.7. The fraction of sp³-hybridized carbons (Fsp3) is 0.943. The van der Waals surface area contributed by atoms with Gasteiger partial charge < -0.3 is 54.1 Å². The van der Waals surface area contributed by atoms with Gasteiger partial charge in [-0.3, -0.25) is 9.59 Å². The maximum atomic E-state index is 13.9. The molecule has 280 valence electrons. The predicted molar refractivity (Wildman–Crippen MR) is 175 cm³/mol. The van der Waals surface area contributed by atoms with E-state index in [4.69, 9.17) is 23.7 Å². The first-order valence-corrected chi connectivity index (χ1v) is 17.7. The first-order chi connectivity index (χ1) is 22.2. The molecule has 0 spiro atoms. The van der Waals surface area contributed by atoms with Gasteiger partial charge in [0.15, 0.2) is 12.6 Å². The number of nitrogens with zero attached hydrogens (tertiary/aromatic N) is 1. The van der Waals surface area contributed by atoms with Crippen LogP contribution in [-0.2, 0) is 33.3 Å². The summed E-state index contributed by atoms with van der Waals surface area (Å²) in [7, 11) is 3.72. The molecule has 0 amide bonds. The minimum absolute atomic E-state index is 0.0857. The quantitative estimate of drug-likeness (QED) is 0.254. The predicted octanol–water partition coefficient (Wildman–Crippen LogP) is 1.63. The molecule has 18 atom stereocenters. The summed E-state index contributed by atoms with van der Waals surface area (Å²) >= 11 is 0. The SMILES string of the molecule is CC[C@H]1OC(=O)[C@H](C)[C@@H](O[C@@H]2C[C@](C)(O)[C@H](O)[C@@H](C)O2)[C@H](C)[C@@H](O[C@@H]2O[C@H](C)C[C@H](N(C)C)[C@H]2O)CC(O)[C@@H](C)C(=O)[C@H](C)[C@@H](O)[C@H]1C. The maximum absolute atomic E-state index is 13.9. The number of aliphatic hydroxyl groups is 5. The van der Waals surface area contributed by atoms with E-state index >= 15 is 0 Å². The summed E-state index contributed by atoms with van der Waals surface area (Å²) in [5, 5.41) is 55.6. The van der Waals surface area contributed by atoms with Crippen LogP contribution in [0, 0.1) is 29.6 Å². The molecule has 3 heterocycles. The molecule has 0 aliphatic carbocycles. The molecule has 0 radical (unpaired) electrons. The Morgan fingerprint density at radius 3 is 2.04 bits per heavy atom. The standard InChI is InChI=1S/C35H63NO12/c1-12-25-18(4)29(39)20(6)28(38)17(3)24(37)14-26(47-34-30(40)23(36(10)11)13-16(2)44-34)19(5)31(21(7)33(42)46-25)48-27-15-35(9,43)32(41)22(8)45-27/h16-27,29-32,34,37,39-41,43H,12-15H2,1-11H3/t16-,17-,18+,19-,20+,21-,22-,23+,24?,25-,26+,27-,29+,30-,31+,32-,34+,35+/m1/s1. The van der Waals surface area contributed by atoms with Crippen molar-refractivity contribution in [3.8, 4) is 0 Å². The average molecular weight is 690 g/mol. The van der Waals surface area contributed by atoms with Gasteiger partial charge in [0.2, 0.25) is 0 Å². The zero-order valence-electron chi connectivity index (χ0n) is 30.7. The molecule has 0 aromatic rings. The van der Waals surface area contributed by atoms with Crippen LogP contribution < -0.4 is 0 Å². The van der Waals surface area contributed by atoms with Crippen molar-refractivity contribution in [2.24, 2.45) is 29.6 Å². The molecule has 3 fully saturated rings. The molecule has 0 bridgehead atoms. The van der Waals surface area contributed by atoms with E-state index < -0.39 is 103 Å². The average Bonchev–Trinajstić information content (AvgIpc) is 3.02. The number of ether oxygens (including phenoxy) is 5. The summed E-state index contributed by atoms with van der Waals surface area (Å²) in [6.45, 7) is 15.2. The van der Waals surface area contributed by atoms with Gasteiger partial charge in [0.25, 0.3) is 0 Å². The van der Waals surface area contributed by atoms with Crippen LogP contribution in [0.5, 0.6) is 0 Å². The third-order valence-electron chi connectivity index (χ3n) is 11.1. The second-order valence-electron chi connectivity index (χ2n) is 15.3. The molecule has 3 saturated heterocycles. The van der Waals surface area contributed by atoms with Gasteiger partial charge in [-0.25, -0.2) is 0 Å². The number of likely N-dealkylation sites (N-methyl/N-ethyl adjacent to an activating group) is 1. The molecule has 1 unspecified atom stereocenters. The zero-order valence-corrected chi connectivity index (χ0v) is 30.7. The number of aliphatic hydroxyl groups excluding tert-OH is 4. The van der Waals surface area contributed by atoms with E-state index in [1.54, 1.807) is 41.5 Å². The Labute approximate surface area is 286 Å². The molecule has 0 aromatic heterocycles. The van der Waals surface area contributed by atoms with Crippen LogP contribution >= 0.6 is 0 Å². The van der Waals surface area contributed by atoms with Gasteiger partial charge in [-0.05, 0) is 54.6 Å². The number of hydrogen-bond acceptors (Lipinski definition) is 13. The lowest BCUT2D eigenvalue weighted by Gasteiger charge is -2.46. The highest BCUT2D eigenvalue weighted by atomic mass is 16.7. The highest BCUT2D eigenvalue weighted by Gasteiger charge is 2.48. The Hall–Kier alpha value is -1.26. The lowest BCUT2D eigenvalue weighted by molar-refractivity contribution is -0.304. The normalized spacial score (nSPS) is 49.0. The fourth-order valence-electron chi connectivity index (χ4n) is 7.55. The number of rotatable bonds is 6. The van der Waals surface area contributed by atoms with Gasteiger partial charge in [0, 0.05) is 42.6 Å². The van der Waals surface area contributed by atoms with Crippen LogP contribution in [0.1, 0.15) is 88.0 Å². The molecular formula is C35H63NO12. The first kappa shape index (κ1) is 41.2. The second kappa shape index (κ2) is 16.8. The summed E-state index contributed by atoms with van der Waals surface area (Å²) in [5.74, 6) is -4.87. The molecule has 3 rings (SSSR count). The van der Waals surface area contributed by atoms with E-state index in [0.717, 1.165) is 0 Å². The molecule has 0 aromatic carbocycles. The van der Waals surface area contributed by atoms with Crippen LogP contribution in [0.15, 0.2) is 0 Å². The Morgan fingerprint density at radius 1 is 0.854 bits per heavy atom. The summed E-state index contributed by atoms with van der Waals surface area (Å²) < 4.78 is 31.1. The number of carbonyl (C=O) groups excluding carboxylic acids is 2. The van der Waals surface area contributed by atoms with Crippen LogP contribution in [0.25, 0.3) is 0 Å². The Bertz CT molecular complexity index is 1060. The summed E-state index contributed by atoms with van der Waals surface area (Å²) in [6.07, 6.45) is -9.55. The fourth-order valence-corrected chi connectivity index (χ4v) is 7.55. The van der Waals surface area contributed by atoms with Crippen LogP contribution in [0.2, 0.25) is 0 Å². The van der Waals surface area contributed by atoms with Gasteiger partial charge in [0.1, 0.15) is 24.1 Å². The number of Topliss-reactive ketones (excluding diaryl/α,β-unsaturated/α-hetero) is 1. The molecule has 3 aliphatic rings. The highest BCUT2D eigenvalue weighted by Crippen LogP contribution is 2.37. The van der Waals surface area contributed by atoms with Gasteiger partial charge in [-0.1, -0.05) is 34.6 Å². The monoisotopic (exact) mass is 689 g/mol. The van der Waals surface area contributed by atoms with E-state index in [1.807, 2.05) is 32.8 Å². The minimum atomic E-state index is -1.54. The van der Waals surface area contributed by atoms with Crippen LogP contribution in [0.4, 0.5) is 0 Å². The van der Waals surface area contributed by atoms with Crippen LogP contribution in [0.3, 0.4) is 0 Å². The minimum Gasteiger partial charge on any atom is -0.462 e. The summed E-state index contributed by atoms with van der Waals surface area (Å²) in [5.41, 5.74) is -1.54. The summed E-state index contributed by atoms with van der Waals surface area (Å²) in [6, 6.07) is -0.278. The number of esters is 1. The van der Waals surface area contributed by atoms with E-state index in [0.29, 0.717) is 12.8 Å². The largest absolute Gasteiger partial charge is 0.462 e. The van der Waals surface area contributed by atoms with E-state index in [-0.39, 0.29) is 30.8 Å². The molecule has 48 heavy (non-hydrogen) atoms. The van der Waals surface area contributed by atoms with Gasteiger partial charge in [0.05, 0.1) is 48.1 Å². The van der Waals surface area contributed by atoms with Crippen molar-refractivity contribution < 1.29 is 58.8 Å². The van der Waals surface area contributed by atoms with Crippen molar-refractivity contribution in [2.45, 2.75) is 167 Å². The van der Waals surface area contributed by atoms with Crippen molar-refractivity contribution >= 4 is 11.8 Å². The Morgan fingerprint density at radius 2 is 1.48 bits per heavy atom. The molecule has 13 heteroatoms. The Kier molecular flexibility index (Phi) is 14.4. The highest BCUT2D eigenvalue weighted by molar-refractivity contribution is 5.84. The van der Waals surface area contributed by atoms with Crippen molar-refractivity contribution in [3.05, 3.63) is 0 Å². The van der Waals surface area contributed by atoms with E-state index in [1.165, 1.54) is 6.92 Å². The van der Waals surface area contributed by atoms with Crippen molar-refractivity contribution in [2.75, 3.05) is 14.1 Å². The lowest BCUT2D eigenvalue weighted by Crippen LogP contribution is -2.57. The number of hydrogen-bond donors (Lipinski definition) is 5. The van der Waals surface area contributed by atoms with Gasteiger partial charge >= 0.3 is 5.97 Å². The molecule has 5 N–H and O–H groups in total. The number of carbonyl (C=O) groups is 2. The summed E-state index contributed by atoms with van der Waals surface area (Å²) in [4.78, 5) is 29.4. The van der Waals surface area contributed by atoms with E-state index in [9.17, 15) is 35.1 Å². The van der Waals surface area contributed by atoms with Crippen molar-refractivity contribution in [3.63, 3.8) is 0 Å². The Balaban J connectivity index is 2.09. The topological polar surface area (TPSA) is 185 Å². The third-order valence-corrected chi connectivity index (χ3v) is 11.1. The number of ketones is 1. The third kappa shape index (κ3) is 9.34. The second-order valence-corrected chi connectivity index (χ2v) is 15.3. The van der Waals surface area contributed by atoms with Crippen molar-refractivity contribution in [1.82, 2.24) is 4.90 Å². The molecule has 13 nitrogen and oxygen atoms in total. The maximum Gasteiger partial charge on any atom is 0.311 e. The zero-order chi connectivity index (χ0) is 36.4. The molecular weight excluding hydrogens is 626 g/mol. The smallest absolute Gasteiger partial charge is 0.311 e. The van der Waals surface area contributed by atoms with Gasteiger partial charge in [-0.2, -0.15) is 0 Å².